The maximum atomic E-state index is 16.0. The van der Waals surface area contributed by atoms with Gasteiger partial charge in [-0.25, -0.2) is 8.78 Å². The van der Waals surface area contributed by atoms with Gasteiger partial charge in [0.2, 0.25) is 11.8 Å². The molecule has 2 aliphatic heterocycles. The summed E-state index contributed by atoms with van der Waals surface area (Å²) in [7, 11) is 1.42. The molecule has 44 heavy (non-hydrogen) atoms. The standard InChI is InChI=1S/C32H33Cl2F2N3O5/c1-31(2,3)15-23-32(18-9-10-20(34)26(36)27(18)39-30(32)42)24(17-6-5-7-19(33)25(17)35)28(38-23)29(41)37-21-11-8-16(44-13-12-40)14-22(21)43-4/h5-11,14,23-24,28,38,40H,12-13,15H2,1-4H3,(H,37,41)(H,39,42)/t23-,24+,28+,32?/m0/s1. The van der Waals surface area contributed by atoms with Crippen LogP contribution in [0.4, 0.5) is 20.2 Å². The molecule has 1 fully saturated rings. The van der Waals surface area contributed by atoms with Crippen LogP contribution in [-0.2, 0) is 15.0 Å². The van der Waals surface area contributed by atoms with E-state index in [-0.39, 0.29) is 51.2 Å². The lowest BCUT2D eigenvalue weighted by Crippen LogP contribution is -2.49. The fraction of sp³-hybridized carbons (Fsp3) is 0.375. The summed E-state index contributed by atoms with van der Waals surface area (Å²) in [5.41, 5.74) is -1.49. The molecule has 4 N–H and O–H groups in total. The van der Waals surface area contributed by atoms with Gasteiger partial charge in [-0.15, -0.1) is 0 Å². The average molecular weight is 649 g/mol. The number of anilines is 2. The first-order chi connectivity index (χ1) is 20.8. The lowest BCUT2D eigenvalue weighted by molar-refractivity contribution is -0.122. The molecule has 2 amide bonds. The molecular formula is C32H33Cl2F2N3O5. The van der Waals surface area contributed by atoms with Crippen LogP contribution in [0.3, 0.4) is 0 Å². The Morgan fingerprint density at radius 1 is 1.09 bits per heavy atom. The fourth-order valence-corrected chi connectivity index (χ4v) is 6.76. The lowest BCUT2D eigenvalue weighted by Gasteiger charge is -2.37. The van der Waals surface area contributed by atoms with Gasteiger partial charge in [0.15, 0.2) is 5.82 Å². The number of nitrogens with one attached hydrogen (secondary N) is 3. The van der Waals surface area contributed by atoms with Crippen LogP contribution in [0.2, 0.25) is 10.0 Å². The van der Waals surface area contributed by atoms with Crippen LogP contribution in [0, 0.1) is 17.0 Å². The van der Waals surface area contributed by atoms with E-state index in [2.05, 4.69) is 16.0 Å². The van der Waals surface area contributed by atoms with Gasteiger partial charge in [-0.05, 0) is 47.2 Å². The zero-order valence-electron chi connectivity index (χ0n) is 24.6. The first kappa shape index (κ1) is 32.0. The molecule has 2 aliphatic rings. The number of carbonyl (C=O) groups is 2. The largest absolute Gasteiger partial charge is 0.494 e. The van der Waals surface area contributed by atoms with Crippen molar-refractivity contribution < 1.29 is 33.0 Å². The molecule has 4 atom stereocenters. The Labute approximate surface area is 264 Å². The molecule has 0 aliphatic carbocycles. The third-order valence-electron chi connectivity index (χ3n) is 8.12. The topological polar surface area (TPSA) is 109 Å². The summed E-state index contributed by atoms with van der Waals surface area (Å²) in [6.07, 6.45) is 0.368. The molecule has 1 unspecified atom stereocenters. The molecule has 12 heteroatoms. The molecule has 0 saturated carbocycles. The van der Waals surface area contributed by atoms with E-state index in [0.717, 1.165) is 0 Å². The maximum Gasteiger partial charge on any atom is 0.242 e. The Kier molecular flexibility index (Phi) is 8.83. The predicted octanol–water partition coefficient (Wildman–Crippen LogP) is 6.04. The highest BCUT2D eigenvalue weighted by Crippen LogP contribution is 2.58. The molecule has 0 radical (unpaired) electrons. The van der Waals surface area contributed by atoms with Crippen LogP contribution in [0.25, 0.3) is 0 Å². The number of benzene rings is 3. The van der Waals surface area contributed by atoms with Gasteiger partial charge in [0.1, 0.15) is 29.3 Å². The molecule has 3 aromatic rings. The zero-order chi connectivity index (χ0) is 32.0. The number of ether oxygens (including phenoxy) is 2. The lowest BCUT2D eigenvalue weighted by atomic mass is 9.62. The van der Waals surface area contributed by atoms with Crippen LogP contribution in [0.5, 0.6) is 11.5 Å². The highest BCUT2D eigenvalue weighted by atomic mass is 35.5. The van der Waals surface area contributed by atoms with Crippen molar-refractivity contribution in [3.05, 3.63) is 81.3 Å². The fourth-order valence-electron chi connectivity index (χ4n) is 6.42. The predicted molar refractivity (Wildman–Crippen MR) is 165 cm³/mol. The third kappa shape index (κ3) is 5.49. The molecule has 1 saturated heterocycles. The van der Waals surface area contributed by atoms with Gasteiger partial charge in [-0.3, -0.25) is 9.59 Å². The Hall–Kier alpha value is -3.44. The number of methoxy groups -OCH3 is 1. The first-order valence-corrected chi connectivity index (χ1v) is 14.8. The third-order valence-corrected chi connectivity index (χ3v) is 8.70. The smallest absolute Gasteiger partial charge is 0.242 e. The molecule has 8 nitrogen and oxygen atoms in total. The summed E-state index contributed by atoms with van der Waals surface area (Å²) >= 11 is 12.3. The Balaban J connectivity index is 1.68. The van der Waals surface area contributed by atoms with Crippen molar-refractivity contribution in [1.82, 2.24) is 5.32 Å². The Bertz CT molecular complexity index is 1620. The second kappa shape index (κ2) is 12.2. The van der Waals surface area contributed by atoms with Crippen molar-refractivity contribution >= 4 is 46.4 Å². The quantitative estimate of drug-likeness (QED) is 0.237. The van der Waals surface area contributed by atoms with Gasteiger partial charge in [0.25, 0.3) is 0 Å². The minimum atomic E-state index is -1.62. The molecule has 2 heterocycles. The van der Waals surface area contributed by atoms with Crippen molar-refractivity contribution in [3.63, 3.8) is 0 Å². The molecule has 0 bridgehead atoms. The Morgan fingerprint density at radius 3 is 2.50 bits per heavy atom. The molecule has 5 rings (SSSR count). The van der Waals surface area contributed by atoms with Gasteiger partial charge in [0, 0.05) is 18.0 Å². The van der Waals surface area contributed by atoms with Crippen molar-refractivity contribution in [1.29, 1.82) is 0 Å². The van der Waals surface area contributed by atoms with Crippen LogP contribution in [-0.4, -0.2) is 49.3 Å². The highest BCUT2D eigenvalue weighted by Gasteiger charge is 2.66. The van der Waals surface area contributed by atoms with E-state index in [1.807, 2.05) is 20.8 Å². The normalized spacial score (nSPS) is 22.6. The van der Waals surface area contributed by atoms with Crippen LogP contribution in [0.15, 0.2) is 48.5 Å². The minimum absolute atomic E-state index is 0.0274. The van der Waals surface area contributed by atoms with E-state index in [4.69, 9.17) is 37.8 Å². The average Bonchev–Trinajstić information content (AvgIpc) is 3.46. The monoisotopic (exact) mass is 647 g/mol. The molecule has 3 aromatic carbocycles. The van der Waals surface area contributed by atoms with Gasteiger partial charge in [0.05, 0.1) is 41.2 Å². The number of halogens is 4. The number of hydrogen-bond donors (Lipinski definition) is 4. The molecular weight excluding hydrogens is 615 g/mol. The summed E-state index contributed by atoms with van der Waals surface area (Å²) in [6.45, 7) is 5.82. The summed E-state index contributed by atoms with van der Waals surface area (Å²) in [6, 6.07) is 10.1. The number of fused-ring (bicyclic) bond motifs is 2. The van der Waals surface area contributed by atoms with E-state index >= 15 is 8.78 Å². The minimum Gasteiger partial charge on any atom is -0.494 e. The zero-order valence-corrected chi connectivity index (χ0v) is 26.1. The number of amides is 2. The van der Waals surface area contributed by atoms with Crippen molar-refractivity contribution in [2.24, 2.45) is 5.41 Å². The number of aliphatic hydroxyl groups is 1. The maximum absolute atomic E-state index is 16.0. The SMILES string of the molecule is COc1cc(OCCO)ccc1NC(=O)[C@@H]1N[C@@H](CC(C)(C)C)C2(C(=O)Nc3c2ccc(Cl)c3F)[C@@H]1c1cccc(Cl)c1F. The summed E-state index contributed by atoms with van der Waals surface area (Å²) in [5, 5.41) is 17.6. The van der Waals surface area contributed by atoms with Gasteiger partial charge in [-0.1, -0.05) is 62.2 Å². The summed E-state index contributed by atoms with van der Waals surface area (Å²) < 4.78 is 42.3. The van der Waals surface area contributed by atoms with Crippen molar-refractivity contribution in [2.75, 3.05) is 31.0 Å². The van der Waals surface area contributed by atoms with Gasteiger partial charge in [-0.2, -0.15) is 0 Å². The summed E-state index contributed by atoms with van der Waals surface area (Å²) in [4.78, 5) is 28.5. The van der Waals surface area contributed by atoms with E-state index in [1.54, 1.807) is 30.3 Å². The number of rotatable bonds is 8. The number of aliphatic hydroxyl groups excluding tert-OH is 1. The van der Waals surface area contributed by atoms with Crippen molar-refractivity contribution in [3.8, 4) is 11.5 Å². The van der Waals surface area contributed by atoms with E-state index in [1.165, 1.54) is 25.3 Å². The highest BCUT2D eigenvalue weighted by molar-refractivity contribution is 6.31. The van der Waals surface area contributed by atoms with E-state index in [0.29, 0.717) is 17.9 Å². The van der Waals surface area contributed by atoms with Crippen LogP contribution < -0.4 is 25.4 Å². The van der Waals surface area contributed by atoms with Crippen LogP contribution >= 0.6 is 23.2 Å². The van der Waals surface area contributed by atoms with Gasteiger partial charge < -0.3 is 30.5 Å². The summed E-state index contributed by atoms with van der Waals surface area (Å²) in [5.74, 6) is -3.23. The molecule has 234 valence electrons. The second-order valence-electron chi connectivity index (χ2n) is 12.1. The van der Waals surface area contributed by atoms with Crippen LogP contribution in [0.1, 0.15) is 44.2 Å². The Morgan fingerprint density at radius 2 is 1.82 bits per heavy atom. The van der Waals surface area contributed by atoms with E-state index in [9.17, 15) is 9.59 Å². The van der Waals surface area contributed by atoms with Gasteiger partial charge >= 0.3 is 0 Å². The number of hydrogen-bond acceptors (Lipinski definition) is 6. The molecule has 0 aromatic heterocycles. The van der Waals surface area contributed by atoms with E-state index < -0.39 is 46.9 Å². The molecule has 1 spiro atoms. The number of carbonyl (C=O) groups excluding carboxylic acids is 2. The first-order valence-electron chi connectivity index (χ1n) is 14.1. The second-order valence-corrected chi connectivity index (χ2v) is 12.9. The van der Waals surface area contributed by atoms with Crippen molar-refractivity contribution in [2.45, 2.75) is 50.6 Å².